The predicted octanol–water partition coefficient (Wildman–Crippen LogP) is -3.13. The second kappa shape index (κ2) is 20.2. The summed E-state index contributed by atoms with van der Waals surface area (Å²) in [4.78, 5) is 49.2. The molecular weight excluding hydrogens is 993 g/mol. The molecule has 0 spiro atoms. The van der Waals surface area contributed by atoms with Crippen LogP contribution in [0.3, 0.4) is 0 Å². The van der Waals surface area contributed by atoms with Gasteiger partial charge in [-0.05, 0) is 36.1 Å². The molecule has 372 valence electrons. The number of ether oxygens (including phenoxy) is 4. The van der Waals surface area contributed by atoms with Crippen molar-refractivity contribution in [1.29, 1.82) is 0 Å². The van der Waals surface area contributed by atoms with Gasteiger partial charge in [-0.1, -0.05) is 5.75 Å². The number of phenolic OH excluding ortho intramolecular Hbond substituents is 8. The third kappa shape index (κ3) is 9.94. The topological polar surface area (TPSA) is 501 Å². The second-order valence-electron chi connectivity index (χ2n) is 15.2. The summed E-state index contributed by atoms with van der Waals surface area (Å²) < 4.78 is 31.8. The van der Waals surface area contributed by atoms with Crippen molar-refractivity contribution in [2.75, 3.05) is 0 Å². The Kier molecular flexibility index (Phi) is 15.2. The van der Waals surface area contributed by atoms with Gasteiger partial charge in [0, 0.05) is 29.3 Å². The number of hydrogen-bond donors (Lipinski definition) is 16. The minimum Gasteiger partial charge on any atom is -0.872 e. The summed E-state index contributed by atoms with van der Waals surface area (Å²) in [6, 6.07) is 6.62. The van der Waals surface area contributed by atoms with Gasteiger partial charge in [0.1, 0.15) is 81.9 Å². The average molecular weight is 1030 g/mol. The van der Waals surface area contributed by atoms with Gasteiger partial charge in [0.15, 0.2) is 41.0 Å². The summed E-state index contributed by atoms with van der Waals surface area (Å²) in [5, 5.41) is 180. The Morgan fingerprint density at radius 3 is 1.30 bits per heavy atom. The van der Waals surface area contributed by atoms with Crippen LogP contribution in [0.5, 0.6) is 69.0 Å². The van der Waals surface area contributed by atoms with Crippen molar-refractivity contribution in [2.45, 2.75) is 61.4 Å². The first-order chi connectivity index (χ1) is 32.8. The number of rotatable bonds is 8. The zero-order valence-corrected chi connectivity index (χ0v) is 37.4. The van der Waals surface area contributed by atoms with Crippen molar-refractivity contribution < 1.29 is 129 Å². The van der Waals surface area contributed by atoms with Crippen LogP contribution in [-0.4, -0.2) is 193 Å². The van der Waals surface area contributed by atoms with E-state index in [1.165, 1.54) is 0 Å². The molecule has 71 heavy (non-hydrogen) atoms. The number of carboxylic acids is 2. The first-order valence-corrected chi connectivity index (χ1v) is 19.5. The molecule has 8 rings (SSSR count). The Labute approximate surface area is 420 Å². The standard InChI is InChI=1S/2C21H18O14.Ca/c2*22-6-3-7(23)11-10(4-6)33-17(5-1-8(24)12(26)9(25)2-5)18(13(11)27)34-21-16(30)14(28)15(29)19(35-21)20(31)32;/h2*1-4,14-16,19,21-26,28-30H,(H,31,32);/q;;+2/p-2/t2*14-,15-,16+,19-,21+;/m00./s1. The maximum Gasteiger partial charge on any atom is 2.00 e. The Balaban J connectivity index is 0.000000229. The van der Waals surface area contributed by atoms with Crippen molar-refractivity contribution in [2.24, 2.45) is 0 Å². The molecule has 4 heterocycles. The number of aliphatic hydroxyl groups excluding tert-OH is 6. The molecule has 2 fully saturated rings. The van der Waals surface area contributed by atoms with Gasteiger partial charge < -0.3 is 120 Å². The minimum absolute atomic E-state index is 0. The van der Waals surface area contributed by atoms with Gasteiger partial charge in [0.25, 0.3) is 0 Å². The molecule has 0 amide bonds. The van der Waals surface area contributed by atoms with Crippen LogP contribution in [0.15, 0.2) is 67.0 Å². The SMILES string of the molecule is O=C(O)[C@H]1O[C@@H](Oc2c(-c3cc(O)c(O)c(O)c3)oc3cc(O)cc(O)c3c2=O)[C@H](O)[C@@H](O)[C@@H]1O.O=C(O)[C@H]1O[C@@H](Oc2c(-c3cc(O)c([O-])c(O)c3)oc3cc(O)cc([O-])c3c2=O)[C@H](O)[C@@H](O)[C@@H]1O.[Ca+2]. The van der Waals surface area contributed by atoms with Gasteiger partial charge in [-0.3, -0.25) is 9.59 Å². The zero-order chi connectivity index (χ0) is 51.5. The number of carbonyl (C=O) groups is 2. The maximum atomic E-state index is 13.3. The van der Waals surface area contributed by atoms with E-state index in [9.17, 15) is 111 Å². The summed E-state index contributed by atoms with van der Waals surface area (Å²) in [5.41, 5.74) is -3.81. The van der Waals surface area contributed by atoms with Crippen molar-refractivity contribution in [1.82, 2.24) is 0 Å². The monoisotopic (exact) mass is 1030 g/mol. The van der Waals surface area contributed by atoms with E-state index in [-0.39, 0.29) is 54.4 Å². The fraction of sp³-hybridized carbons (Fsp3) is 0.238. The molecule has 0 aliphatic carbocycles. The van der Waals surface area contributed by atoms with Crippen molar-refractivity contribution in [3.63, 3.8) is 0 Å². The number of aliphatic carboxylic acids is 2. The van der Waals surface area contributed by atoms with Crippen LogP contribution in [0.4, 0.5) is 0 Å². The Bertz CT molecular complexity index is 2930. The van der Waals surface area contributed by atoms with E-state index in [2.05, 4.69) is 0 Å². The number of benzene rings is 4. The molecular formula is C42H34CaO28. The van der Waals surface area contributed by atoms with Crippen LogP contribution < -0.4 is 30.5 Å². The molecule has 2 aliphatic rings. The Morgan fingerprint density at radius 2 is 0.873 bits per heavy atom. The molecule has 0 bridgehead atoms. The van der Waals surface area contributed by atoms with E-state index >= 15 is 0 Å². The summed E-state index contributed by atoms with van der Waals surface area (Å²) in [6.45, 7) is 0. The molecule has 29 heteroatoms. The van der Waals surface area contributed by atoms with Gasteiger partial charge in [-0.15, -0.1) is 0 Å². The first kappa shape index (κ1) is 53.1. The smallest absolute Gasteiger partial charge is 0.872 e. The third-order valence-corrected chi connectivity index (χ3v) is 10.6. The number of aliphatic hydroxyl groups is 6. The molecule has 0 saturated carbocycles. The molecule has 2 aromatic heterocycles. The van der Waals surface area contributed by atoms with E-state index < -0.39 is 181 Å². The molecule has 10 atom stereocenters. The number of carboxylic acid groups (broad SMARTS) is 2. The van der Waals surface area contributed by atoms with Crippen LogP contribution in [0.2, 0.25) is 0 Å². The normalized spacial score (nSPS) is 24.0. The van der Waals surface area contributed by atoms with E-state index in [1.54, 1.807) is 0 Å². The maximum absolute atomic E-state index is 13.3. The summed E-state index contributed by atoms with van der Waals surface area (Å²) in [7, 11) is 0. The molecule has 0 unspecified atom stereocenters. The molecule has 2 saturated heterocycles. The number of hydrogen-bond acceptors (Lipinski definition) is 26. The quantitative estimate of drug-likeness (QED) is 0.0529. The van der Waals surface area contributed by atoms with Crippen molar-refractivity contribution in [3.8, 4) is 91.6 Å². The molecule has 2 aliphatic heterocycles. The zero-order valence-electron chi connectivity index (χ0n) is 35.2. The number of aromatic hydroxyl groups is 8. The Hall–Kier alpha value is -7.22. The predicted molar refractivity (Wildman–Crippen MR) is 224 cm³/mol. The fourth-order valence-electron chi connectivity index (χ4n) is 7.11. The third-order valence-electron chi connectivity index (χ3n) is 10.6. The van der Waals surface area contributed by atoms with Crippen molar-refractivity contribution >= 4 is 71.6 Å². The number of phenols is 8. The molecule has 16 N–H and O–H groups in total. The van der Waals surface area contributed by atoms with Crippen LogP contribution in [0.25, 0.3) is 44.6 Å². The van der Waals surface area contributed by atoms with Crippen LogP contribution >= 0.6 is 0 Å². The largest absolute Gasteiger partial charge is 2.00 e. The average Bonchev–Trinajstić information content (AvgIpc) is 3.28. The van der Waals surface area contributed by atoms with Crippen molar-refractivity contribution in [3.05, 3.63) is 69.0 Å². The van der Waals surface area contributed by atoms with Gasteiger partial charge in [-0.2, -0.15) is 0 Å². The van der Waals surface area contributed by atoms with E-state index in [4.69, 9.17) is 27.8 Å². The second-order valence-corrected chi connectivity index (χ2v) is 15.2. The van der Waals surface area contributed by atoms with Gasteiger partial charge in [-0.25, -0.2) is 9.59 Å². The van der Waals surface area contributed by atoms with E-state index in [0.29, 0.717) is 6.07 Å². The summed E-state index contributed by atoms with van der Waals surface area (Å²) >= 11 is 0. The van der Waals surface area contributed by atoms with Gasteiger partial charge in [0.2, 0.25) is 34.9 Å². The van der Waals surface area contributed by atoms with Crippen LogP contribution in [0.1, 0.15) is 0 Å². The van der Waals surface area contributed by atoms with Crippen LogP contribution in [-0.2, 0) is 19.1 Å². The van der Waals surface area contributed by atoms with E-state index in [0.717, 1.165) is 42.5 Å². The summed E-state index contributed by atoms with van der Waals surface area (Å²) in [5.74, 6) is -14.9. The molecule has 28 nitrogen and oxygen atoms in total. The number of fused-ring (bicyclic) bond motifs is 2. The minimum atomic E-state index is -2.10. The van der Waals surface area contributed by atoms with E-state index in [1.807, 2.05) is 0 Å². The van der Waals surface area contributed by atoms with Gasteiger partial charge >= 0.3 is 49.7 Å². The van der Waals surface area contributed by atoms with Crippen LogP contribution in [0, 0.1) is 0 Å². The first-order valence-electron chi connectivity index (χ1n) is 19.5. The molecule has 0 radical (unpaired) electrons. The Morgan fingerprint density at radius 1 is 0.493 bits per heavy atom. The fourth-order valence-corrected chi connectivity index (χ4v) is 7.11. The van der Waals surface area contributed by atoms with Gasteiger partial charge in [0.05, 0.1) is 5.39 Å². The molecule has 6 aromatic rings. The summed E-state index contributed by atoms with van der Waals surface area (Å²) in [6.07, 6.45) is -20.8. The molecule has 4 aromatic carbocycles.